The zero-order valence-corrected chi connectivity index (χ0v) is 28.3. The highest BCUT2D eigenvalue weighted by Crippen LogP contribution is 2.50. The molecule has 2 aromatic carbocycles. The predicted octanol–water partition coefficient (Wildman–Crippen LogP) is 9.43. The first-order chi connectivity index (χ1) is 20.7. The molecule has 4 bridgehead atoms. The van der Waals surface area contributed by atoms with Crippen LogP contribution in [-0.4, -0.2) is 23.4 Å². The van der Waals surface area contributed by atoms with Crippen LogP contribution in [0, 0.1) is 49.4 Å². The Balaban J connectivity index is 1.35. The average Bonchev–Trinajstić information content (AvgIpc) is 3.74. The van der Waals surface area contributed by atoms with Crippen molar-refractivity contribution in [2.45, 2.75) is 105 Å². The Labute approximate surface area is 265 Å². The molecule has 0 saturated heterocycles. The van der Waals surface area contributed by atoms with E-state index in [1.165, 1.54) is 25.7 Å². The molecule has 2 N–H and O–H groups in total. The molecule has 0 radical (unpaired) electrons. The molecule has 6 atom stereocenters. The molecule has 6 rings (SSSR count). The molecule has 4 nitrogen and oxygen atoms in total. The molecule has 0 heterocycles. The number of hydrogen-bond acceptors (Lipinski definition) is 4. The summed E-state index contributed by atoms with van der Waals surface area (Å²) in [7, 11) is 0. The molecule has 2 aromatic rings. The first-order valence-electron chi connectivity index (χ1n) is 17.0. The van der Waals surface area contributed by atoms with Gasteiger partial charge in [0.1, 0.15) is 11.5 Å². The van der Waals surface area contributed by atoms with E-state index < -0.39 is 0 Å². The molecule has 2 saturated carbocycles. The summed E-state index contributed by atoms with van der Waals surface area (Å²) >= 11 is 0. The molecule has 0 amide bonds. The first-order valence-corrected chi connectivity index (χ1v) is 17.0. The lowest BCUT2D eigenvalue weighted by Crippen LogP contribution is -2.17. The highest BCUT2D eigenvalue weighted by Gasteiger charge is 2.37. The molecule has 2 fully saturated rings. The van der Waals surface area contributed by atoms with Crippen molar-refractivity contribution in [2.75, 3.05) is 13.2 Å². The van der Waals surface area contributed by atoms with Crippen LogP contribution in [0.15, 0.2) is 36.4 Å². The zero-order chi connectivity index (χ0) is 31.6. The van der Waals surface area contributed by atoms with Crippen molar-refractivity contribution in [1.29, 1.82) is 0 Å². The van der Waals surface area contributed by atoms with Crippen LogP contribution in [0.25, 0.3) is 11.1 Å². The SMILES string of the molecule is Cc1c(COCC2CC3C=CC2C3)cc(C(C)(C)C)c(O)c1-c1c(C)c(COCC2CC3C=CC2C3)cc(C(C)(C)C)c1O. The minimum Gasteiger partial charge on any atom is -0.507 e. The molecular formula is C40H54O4. The van der Waals surface area contributed by atoms with Gasteiger partial charge in [-0.25, -0.2) is 0 Å². The van der Waals surface area contributed by atoms with Gasteiger partial charge in [0, 0.05) is 22.3 Å². The van der Waals surface area contributed by atoms with Crippen LogP contribution in [0.1, 0.15) is 101 Å². The van der Waals surface area contributed by atoms with E-state index in [-0.39, 0.29) is 22.3 Å². The van der Waals surface area contributed by atoms with E-state index in [0.29, 0.717) is 36.9 Å². The van der Waals surface area contributed by atoms with Gasteiger partial charge in [-0.3, -0.25) is 0 Å². The van der Waals surface area contributed by atoms with Crippen molar-refractivity contribution >= 4 is 0 Å². The summed E-state index contributed by atoms with van der Waals surface area (Å²) in [6.07, 6.45) is 14.5. The van der Waals surface area contributed by atoms with Gasteiger partial charge >= 0.3 is 0 Å². The van der Waals surface area contributed by atoms with E-state index in [0.717, 1.165) is 69.6 Å². The van der Waals surface area contributed by atoms with Crippen molar-refractivity contribution < 1.29 is 19.7 Å². The minimum atomic E-state index is -0.289. The number of rotatable bonds is 9. The third-order valence-electron chi connectivity index (χ3n) is 11.2. The summed E-state index contributed by atoms with van der Waals surface area (Å²) in [6.45, 7) is 19.5. The Morgan fingerprint density at radius 3 is 1.30 bits per heavy atom. The summed E-state index contributed by atoms with van der Waals surface area (Å²) in [5.41, 5.74) is 6.70. The van der Waals surface area contributed by atoms with E-state index >= 15 is 0 Å². The summed E-state index contributed by atoms with van der Waals surface area (Å²) in [6, 6.07) is 4.26. The fourth-order valence-corrected chi connectivity index (χ4v) is 8.52. The fourth-order valence-electron chi connectivity index (χ4n) is 8.52. The summed E-state index contributed by atoms with van der Waals surface area (Å²) in [4.78, 5) is 0. The van der Waals surface area contributed by atoms with Crippen LogP contribution >= 0.6 is 0 Å². The highest BCUT2D eigenvalue weighted by molar-refractivity contribution is 5.85. The maximum Gasteiger partial charge on any atom is 0.127 e. The Morgan fingerprint density at radius 1 is 0.614 bits per heavy atom. The van der Waals surface area contributed by atoms with Gasteiger partial charge in [0.15, 0.2) is 0 Å². The summed E-state index contributed by atoms with van der Waals surface area (Å²) in [5.74, 6) is 4.46. The largest absolute Gasteiger partial charge is 0.507 e. The molecule has 44 heavy (non-hydrogen) atoms. The summed E-state index contributed by atoms with van der Waals surface area (Å²) in [5, 5.41) is 23.9. The minimum absolute atomic E-state index is 0.252. The van der Waals surface area contributed by atoms with Crippen LogP contribution in [0.5, 0.6) is 11.5 Å². The Morgan fingerprint density at radius 2 is 1.00 bits per heavy atom. The van der Waals surface area contributed by atoms with E-state index in [4.69, 9.17) is 9.47 Å². The lowest BCUT2D eigenvalue weighted by atomic mass is 9.77. The molecule has 0 aliphatic heterocycles. The molecule has 0 aromatic heterocycles. The molecular weight excluding hydrogens is 544 g/mol. The van der Waals surface area contributed by atoms with Crippen molar-refractivity contribution in [3.8, 4) is 22.6 Å². The zero-order valence-electron chi connectivity index (χ0n) is 28.3. The van der Waals surface area contributed by atoms with Crippen molar-refractivity contribution in [3.05, 3.63) is 69.8 Å². The Bertz CT molecular complexity index is 1350. The predicted molar refractivity (Wildman–Crippen MR) is 179 cm³/mol. The van der Waals surface area contributed by atoms with Crippen LogP contribution in [0.3, 0.4) is 0 Å². The van der Waals surface area contributed by atoms with Crippen molar-refractivity contribution in [3.63, 3.8) is 0 Å². The molecule has 238 valence electrons. The number of phenols is 2. The molecule has 0 spiro atoms. The van der Waals surface area contributed by atoms with Gasteiger partial charge in [-0.05, 0) is 120 Å². The monoisotopic (exact) mass is 598 g/mol. The number of phenolic OH excluding ortho intramolecular Hbond substituents is 2. The average molecular weight is 599 g/mol. The topological polar surface area (TPSA) is 58.9 Å². The van der Waals surface area contributed by atoms with Gasteiger partial charge < -0.3 is 19.7 Å². The second kappa shape index (κ2) is 11.7. The maximum atomic E-state index is 12.0. The van der Waals surface area contributed by atoms with Crippen LogP contribution in [-0.2, 0) is 33.5 Å². The first kappa shape index (κ1) is 31.4. The molecule has 4 heteroatoms. The number of ether oxygens (including phenoxy) is 2. The Kier molecular flexibility index (Phi) is 8.33. The van der Waals surface area contributed by atoms with Crippen LogP contribution in [0.2, 0.25) is 0 Å². The second-order valence-corrected chi connectivity index (χ2v) is 16.5. The number of benzene rings is 2. The molecule has 4 aliphatic carbocycles. The normalized spacial score (nSPS) is 27.3. The standard InChI is InChI=1S/C40H54O4/c1-23-29(19-43-21-31-15-25-9-11-27(31)13-25)17-33(39(3,4)5)37(41)35(23)36-24(2)30(18-34(38(36)42)40(6,7)8)20-44-22-32-16-26-10-12-28(32)14-26/h9-12,17-18,25-28,31-32,41-42H,13-16,19-22H2,1-8H3. The van der Waals surface area contributed by atoms with Gasteiger partial charge in [-0.15, -0.1) is 0 Å². The van der Waals surface area contributed by atoms with E-state index in [2.05, 4.69) is 91.8 Å². The quantitative estimate of drug-likeness (QED) is 0.282. The third kappa shape index (κ3) is 5.89. The highest BCUT2D eigenvalue weighted by atomic mass is 16.5. The second-order valence-electron chi connectivity index (χ2n) is 16.5. The molecule has 6 unspecified atom stereocenters. The number of hydrogen-bond donors (Lipinski definition) is 2. The lowest BCUT2D eigenvalue weighted by molar-refractivity contribution is 0.0783. The van der Waals surface area contributed by atoms with Gasteiger partial charge in [0.05, 0.1) is 26.4 Å². The van der Waals surface area contributed by atoms with Crippen molar-refractivity contribution in [2.24, 2.45) is 35.5 Å². The fraction of sp³-hybridized carbons (Fsp3) is 0.600. The van der Waals surface area contributed by atoms with Gasteiger partial charge in [0.2, 0.25) is 0 Å². The van der Waals surface area contributed by atoms with Crippen LogP contribution < -0.4 is 0 Å². The van der Waals surface area contributed by atoms with Gasteiger partial charge in [0.25, 0.3) is 0 Å². The van der Waals surface area contributed by atoms with E-state index in [1.807, 2.05) is 0 Å². The Hall–Kier alpha value is -2.56. The maximum absolute atomic E-state index is 12.0. The number of fused-ring (bicyclic) bond motifs is 4. The smallest absolute Gasteiger partial charge is 0.127 e. The van der Waals surface area contributed by atoms with Gasteiger partial charge in [-0.2, -0.15) is 0 Å². The van der Waals surface area contributed by atoms with Crippen molar-refractivity contribution in [1.82, 2.24) is 0 Å². The van der Waals surface area contributed by atoms with E-state index in [1.54, 1.807) is 0 Å². The molecule has 4 aliphatic rings. The summed E-state index contributed by atoms with van der Waals surface area (Å²) < 4.78 is 12.8. The van der Waals surface area contributed by atoms with Gasteiger partial charge in [-0.1, -0.05) is 65.8 Å². The third-order valence-corrected chi connectivity index (χ3v) is 11.2. The number of allylic oxidation sites excluding steroid dienone is 4. The van der Waals surface area contributed by atoms with E-state index in [9.17, 15) is 10.2 Å². The van der Waals surface area contributed by atoms with Crippen LogP contribution in [0.4, 0.5) is 0 Å². The number of aromatic hydroxyl groups is 2. The lowest BCUT2D eigenvalue weighted by Gasteiger charge is -2.29.